The normalized spacial score (nSPS) is 27.3. The van der Waals surface area contributed by atoms with Gasteiger partial charge in [-0.2, -0.15) is 0 Å². The molecule has 6 heteroatoms. The van der Waals surface area contributed by atoms with Gasteiger partial charge in [0.25, 0.3) is 5.91 Å². The minimum Gasteiger partial charge on any atom is -0.484 e. The van der Waals surface area contributed by atoms with Crippen LogP contribution in [-0.4, -0.2) is 54.8 Å². The van der Waals surface area contributed by atoms with E-state index in [1.165, 1.54) is 0 Å². The number of para-hydroxylation sites is 1. The number of carboxylic acid groups (broad SMARTS) is 1. The Morgan fingerprint density at radius 2 is 2.14 bits per heavy atom. The topological polar surface area (TPSA) is 76.1 Å². The van der Waals surface area contributed by atoms with Gasteiger partial charge in [0.1, 0.15) is 5.75 Å². The molecule has 2 aliphatic rings. The monoisotopic (exact) mass is 305 g/mol. The first-order chi connectivity index (χ1) is 10.6. The van der Waals surface area contributed by atoms with Crippen molar-refractivity contribution in [2.45, 2.75) is 6.42 Å². The zero-order valence-electron chi connectivity index (χ0n) is 12.2. The average molecular weight is 305 g/mol. The maximum absolute atomic E-state index is 12.3. The highest BCUT2D eigenvalue weighted by Gasteiger charge is 2.54. The number of nitrogens with zero attached hydrogens (tertiary/aromatic N) is 1. The highest BCUT2D eigenvalue weighted by atomic mass is 16.5. The molecular formula is C16H19NO5. The zero-order chi connectivity index (χ0) is 15.6. The lowest BCUT2D eigenvalue weighted by Gasteiger charge is -2.33. The predicted molar refractivity (Wildman–Crippen MR) is 77.5 cm³/mol. The smallest absolute Gasteiger partial charge is 0.311 e. The van der Waals surface area contributed by atoms with E-state index in [1.807, 2.05) is 18.2 Å². The lowest BCUT2D eigenvalue weighted by molar-refractivity contribution is -0.157. The number of benzene rings is 1. The number of carbonyl (C=O) groups excluding carboxylic acids is 1. The number of hydrogen-bond donors (Lipinski definition) is 1. The Labute approximate surface area is 128 Å². The summed E-state index contributed by atoms with van der Waals surface area (Å²) >= 11 is 0. The predicted octanol–water partition coefficient (Wildman–Crippen LogP) is 1.02. The summed E-state index contributed by atoms with van der Waals surface area (Å²) in [4.78, 5) is 25.6. The molecule has 0 bridgehead atoms. The van der Waals surface area contributed by atoms with Crippen molar-refractivity contribution in [2.75, 3.05) is 32.9 Å². The molecule has 1 N–H and O–H groups in total. The van der Waals surface area contributed by atoms with E-state index in [0.29, 0.717) is 31.9 Å². The molecule has 2 heterocycles. The number of likely N-dealkylation sites (tertiary alicyclic amines) is 1. The Kier molecular flexibility index (Phi) is 4.02. The minimum atomic E-state index is -0.860. The molecule has 0 aromatic heterocycles. The molecular weight excluding hydrogens is 286 g/mol. The fourth-order valence-corrected chi connectivity index (χ4v) is 3.24. The summed E-state index contributed by atoms with van der Waals surface area (Å²) in [5.74, 6) is -0.526. The van der Waals surface area contributed by atoms with Gasteiger partial charge in [0.05, 0.1) is 12.0 Å². The third kappa shape index (κ3) is 2.66. The number of hydrogen-bond acceptors (Lipinski definition) is 4. The van der Waals surface area contributed by atoms with Crippen molar-refractivity contribution in [2.24, 2.45) is 11.3 Å². The van der Waals surface area contributed by atoms with Crippen molar-refractivity contribution < 1.29 is 24.2 Å². The van der Waals surface area contributed by atoms with Gasteiger partial charge in [-0.15, -0.1) is 0 Å². The summed E-state index contributed by atoms with van der Waals surface area (Å²) in [6, 6.07) is 9.10. The van der Waals surface area contributed by atoms with Crippen LogP contribution in [-0.2, 0) is 14.3 Å². The van der Waals surface area contributed by atoms with Crippen molar-refractivity contribution in [1.82, 2.24) is 4.90 Å². The third-order valence-corrected chi connectivity index (χ3v) is 4.59. The van der Waals surface area contributed by atoms with Crippen LogP contribution in [0.25, 0.3) is 0 Å². The van der Waals surface area contributed by atoms with Crippen LogP contribution >= 0.6 is 0 Å². The first-order valence-corrected chi connectivity index (χ1v) is 7.38. The second-order valence-corrected chi connectivity index (χ2v) is 5.86. The van der Waals surface area contributed by atoms with Gasteiger partial charge >= 0.3 is 5.97 Å². The number of carbonyl (C=O) groups is 2. The molecule has 3 rings (SSSR count). The Hall–Kier alpha value is -2.08. The first kappa shape index (κ1) is 14.8. The quantitative estimate of drug-likeness (QED) is 0.898. The summed E-state index contributed by atoms with van der Waals surface area (Å²) in [7, 11) is 0. The van der Waals surface area contributed by atoms with Crippen LogP contribution in [0, 0.1) is 11.3 Å². The van der Waals surface area contributed by atoms with Gasteiger partial charge in [0.2, 0.25) is 0 Å². The molecule has 1 aromatic carbocycles. The zero-order valence-corrected chi connectivity index (χ0v) is 12.2. The van der Waals surface area contributed by atoms with Crippen LogP contribution in [0.3, 0.4) is 0 Å². The number of fused-ring (bicyclic) bond motifs is 1. The second-order valence-electron chi connectivity index (χ2n) is 5.86. The second kappa shape index (κ2) is 5.96. The van der Waals surface area contributed by atoms with Gasteiger partial charge in [-0.25, -0.2) is 0 Å². The molecule has 118 valence electrons. The van der Waals surface area contributed by atoms with E-state index >= 15 is 0 Å². The van der Waals surface area contributed by atoms with Crippen LogP contribution in [0.2, 0.25) is 0 Å². The molecule has 6 nitrogen and oxygen atoms in total. The van der Waals surface area contributed by atoms with Gasteiger partial charge in [0, 0.05) is 25.6 Å². The number of aliphatic carboxylic acids is 1. The number of amides is 1. The maximum atomic E-state index is 12.3. The molecule has 1 aromatic rings. The van der Waals surface area contributed by atoms with E-state index in [1.54, 1.807) is 17.0 Å². The molecule has 2 saturated heterocycles. The molecule has 0 radical (unpaired) electrons. The van der Waals surface area contributed by atoms with E-state index in [9.17, 15) is 14.7 Å². The fourth-order valence-electron chi connectivity index (χ4n) is 3.24. The molecule has 0 saturated carbocycles. The molecule has 2 aliphatic heterocycles. The van der Waals surface area contributed by atoms with Crippen LogP contribution < -0.4 is 4.74 Å². The largest absolute Gasteiger partial charge is 0.484 e. The van der Waals surface area contributed by atoms with E-state index in [4.69, 9.17) is 9.47 Å². The lowest BCUT2D eigenvalue weighted by Crippen LogP contribution is -2.45. The van der Waals surface area contributed by atoms with E-state index < -0.39 is 11.4 Å². The Bertz CT molecular complexity index is 561. The van der Waals surface area contributed by atoms with E-state index in [-0.39, 0.29) is 25.0 Å². The van der Waals surface area contributed by atoms with Crippen LogP contribution in [0.15, 0.2) is 30.3 Å². The molecule has 22 heavy (non-hydrogen) atoms. The van der Waals surface area contributed by atoms with Crippen LogP contribution in [0.4, 0.5) is 0 Å². The van der Waals surface area contributed by atoms with Crippen molar-refractivity contribution >= 4 is 11.9 Å². The summed E-state index contributed by atoms with van der Waals surface area (Å²) < 4.78 is 10.8. The van der Waals surface area contributed by atoms with Crippen LogP contribution in [0.1, 0.15) is 6.42 Å². The molecule has 2 atom stereocenters. The molecule has 1 amide bonds. The Balaban J connectivity index is 1.63. The Morgan fingerprint density at radius 3 is 2.82 bits per heavy atom. The van der Waals surface area contributed by atoms with Crippen LogP contribution in [0.5, 0.6) is 5.75 Å². The SMILES string of the molecule is O=C(COc1ccccc1)N1C[C@H]2COCC[C@@]2(C(=O)O)C1. The van der Waals surface area contributed by atoms with E-state index in [2.05, 4.69) is 0 Å². The third-order valence-electron chi connectivity index (χ3n) is 4.59. The van der Waals surface area contributed by atoms with Crippen molar-refractivity contribution in [1.29, 1.82) is 0 Å². The number of rotatable bonds is 4. The summed E-state index contributed by atoms with van der Waals surface area (Å²) in [6.07, 6.45) is 0.455. The molecule has 2 fully saturated rings. The summed E-state index contributed by atoms with van der Waals surface area (Å²) in [5.41, 5.74) is -0.860. The fraction of sp³-hybridized carbons (Fsp3) is 0.500. The summed E-state index contributed by atoms with van der Waals surface area (Å²) in [5, 5.41) is 9.58. The standard InChI is InChI=1S/C16H19NO5/c18-14(10-22-13-4-2-1-3-5-13)17-8-12-9-21-7-6-16(12,11-17)15(19)20/h1-5,12H,6-11H2,(H,19,20)/t12-,16+/m0/s1. The van der Waals surface area contributed by atoms with Gasteiger partial charge < -0.3 is 19.5 Å². The molecule has 0 unspecified atom stereocenters. The highest BCUT2D eigenvalue weighted by Crippen LogP contribution is 2.42. The van der Waals surface area contributed by atoms with Gasteiger partial charge in [-0.3, -0.25) is 9.59 Å². The van der Waals surface area contributed by atoms with Crippen molar-refractivity contribution in [3.05, 3.63) is 30.3 Å². The number of carboxylic acids is 1. The minimum absolute atomic E-state index is 0.0761. The number of ether oxygens (including phenoxy) is 2. The average Bonchev–Trinajstić information content (AvgIpc) is 2.95. The van der Waals surface area contributed by atoms with Gasteiger partial charge in [0.15, 0.2) is 6.61 Å². The maximum Gasteiger partial charge on any atom is 0.311 e. The molecule has 0 spiro atoms. The molecule has 0 aliphatic carbocycles. The van der Waals surface area contributed by atoms with Crippen molar-refractivity contribution in [3.63, 3.8) is 0 Å². The van der Waals surface area contributed by atoms with E-state index in [0.717, 1.165) is 0 Å². The van der Waals surface area contributed by atoms with Gasteiger partial charge in [-0.1, -0.05) is 18.2 Å². The summed E-state index contributed by atoms with van der Waals surface area (Å²) in [6.45, 7) is 1.42. The lowest BCUT2D eigenvalue weighted by atomic mass is 9.74. The highest BCUT2D eigenvalue weighted by molar-refractivity contribution is 5.82. The van der Waals surface area contributed by atoms with Crippen molar-refractivity contribution in [3.8, 4) is 5.75 Å². The van der Waals surface area contributed by atoms with Gasteiger partial charge in [-0.05, 0) is 18.6 Å². The Morgan fingerprint density at radius 1 is 1.36 bits per heavy atom. The first-order valence-electron chi connectivity index (χ1n) is 7.38.